The van der Waals surface area contributed by atoms with Crippen LogP contribution in [0.25, 0.3) is 0 Å². The molecule has 0 heterocycles. The number of rotatable bonds is 8. The number of hydrogen-bond acceptors (Lipinski definition) is 2. The van der Waals surface area contributed by atoms with Gasteiger partial charge in [-0.1, -0.05) is 41.1 Å². The number of hydrogen-bond donors (Lipinski definition) is 1. The van der Waals surface area contributed by atoms with Gasteiger partial charge in [0.25, 0.3) is 0 Å². The van der Waals surface area contributed by atoms with Crippen molar-refractivity contribution >= 4 is 15.9 Å². The van der Waals surface area contributed by atoms with Crippen molar-refractivity contribution in [2.75, 3.05) is 13.2 Å². The Morgan fingerprint density at radius 1 is 1.28 bits per heavy atom. The molecule has 0 fully saturated rings. The van der Waals surface area contributed by atoms with Crippen LogP contribution in [0.15, 0.2) is 28.7 Å². The van der Waals surface area contributed by atoms with Crippen LogP contribution in [-0.2, 0) is 11.2 Å². The molecular weight excluding hydrogens is 290 g/mol. The predicted octanol–water partition coefficient (Wildman–Crippen LogP) is 3.78. The Morgan fingerprint density at radius 3 is 2.61 bits per heavy atom. The molecule has 2 nitrogen and oxygen atoms in total. The zero-order valence-electron chi connectivity index (χ0n) is 11.6. The topological polar surface area (TPSA) is 21.3 Å². The summed E-state index contributed by atoms with van der Waals surface area (Å²) in [7, 11) is 0. The van der Waals surface area contributed by atoms with E-state index < -0.39 is 0 Å². The van der Waals surface area contributed by atoms with E-state index >= 15 is 0 Å². The molecule has 0 aromatic heterocycles. The largest absolute Gasteiger partial charge is 0.377 e. The van der Waals surface area contributed by atoms with E-state index in [0.29, 0.717) is 6.04 Å². The average Bonchev–Trinajstić information content (AvgIpc) is 2.35. The minimum Gasteiger partial charge on any atom is -0.377 e. The van der Waals surface area contributed by atoms with Crippen molar-refractivity contribution in [3.63, 3.8) is 0 Å². The zero-order valence-corrected chi connectivity index (χ0v) is 13.2. The van der Waals surface area contributed by atoms with E-state index in [2.05, 4.69) is 60.2 Å². The molecule has 1 aromatic carbocycles. The SMILES string of the molecule is CCCNC(COC(C)C)Cc1ccccc1Br. The summed E-state index contributed by atoms with van der Waals surface area (Å²) in [4.78, 5) is 0. The summed E-state index contributed by atoms with van der Waals surface area (Å²) in [6.07, 6.45) is 2.43. The molecule has 0 spiro atoms. The van der Waals surface area contributed by atoms with Crippen molar-refractivity contribution in [2.45, 2.75) is 45.8 Å². The van der Waals surface area contributed by atoms with E-state index in [4.69, 9.17) is 4.74 Å². The minimum absolute atomic E-state index is 0.287. The fourth-order valence-corrected chi connectivity index (χ4v) is 2.22. The molecule has 1 unspecified atom stereocenters. The van der Waals surface area contributed by atoms with Crippen LogP contribution in [0.2, 0.25) is 0 Å². The quantitative estimate of drug-likeness (QED) is 0.788. The molecule has 18 heavy (non-hydrogen) atoms. The van der Waals surface area contributed by atoms with Gasteiger partial charge in [0.15, 0.2) is 0 Å². The van der Waals surface area contributed by atoms with Crippen LogP contribution >= 0.6 is 15.9 Å². The third kappa shape index (κ3) is 5.98. The molecule has 3 heteroatoms. The molecule has 102 valence electrons. The molecule has 1 atom stereocenters. The first-order valence-electron chi connectivity index (χ1n) is 6.71. The fraction of sp³-hybridized carbons (Fsp3) is 0.600. The summed E-state index contributed by atoms with van der Waals surface area (Å²) < 4.78 is 6.91. The van der Waals surface area contributed by atoms with Gasteiger partial charge in [0.2, 0.25) is 0 Å². The molecule has 1 aromatic rings. The molecule has 0 bridgehead atoms. The van der Waals surface area contributed by atoms with Crippen LogP contribution in [-0.4, -0.2) is 25.3 Å². The van der Waals surface area contributed by atoms with Crippen molar-refractivity contribution in [1.82, 2.24) is 5.32 Å². The molecule has 0 radical (unpaired) electrons. The number of benzene rings is 1. The van der Waals surface area contributed by atoms with Gasteiger partial charge in [0.05, 0.1) is 12.7 Å². The maximum Gasteiger partial charge on any atom is 0.0626 e. The van der Waals surface area contributed by atoms with Gasteiger partial charge in [-0.3, -0.25) is 0 Å². The lowest BCUT2D eigenvalue weighted by Crippen LogP contribution is -2.36. The molecule has 0 aliphatic carbocycles. The summed E-state index contributed by atoms with van der Waals surface area (Å²) in [5, 5.41) is 3.55. The molecule has 0 saturated carbocycles. The highest BCUT2D eigenvalue weighted by atomic mass is 79.9. The monoisotopic (exact) mass is 313 g/mol. The van der Waals surface area contributed by atoms with Crippen LogP contribution in [0.1, 0.15) is 32.8 Å². The molecular formula is C15H24BrNO. The van der Waals surface area contributed by atoms with Crippen molar-refractivity contribution < 1.29 is 4.74 Å². The molecule has 1 N–H and O–H groups in total. The predicted molar refractivity (Wildman–Crippen MR) is 81.0 cm³/mol. The Balaban J connectivity index is 2.56. The van der Waals surface area contributed by atoms with Crippen LogP contribution in [0.5, 0.6) is 0 Å². The summed E-state index contributed by atoms with van der Waals surface area (Å²) in [5.41, 5.74) is 1.33. The second-order valence-electron chi connectivity index (χ2n) is 4.83. The van der Waals surface area contributed by atoms with Crippen LogP contribution in [0, 0.1) is 0 Å². The maximum absolute atomic E-state index is 5.74. The number of nitrogens with one attached hydrogen (secondary N) is 1. The Morgan fingerprint density at radius 2 is 2.00 bits per heavy atom. The third-order valence-electron chi connectivity index (χ3n) is 2.74. The average molecular weight is 314 g/mol. The minimum atomic E-state index is 0.287. The number of halogens is 1. The number of ether oxygens (including phenoxy) is 1. The van der Waals surface area contributed by atoms with E-state index in [0.717, 1.165) is 26.0 Å². The first kappa shape index (κ1) is 15.7. The van der Waals surface area contributed by atoms with E-state index in [1.807, 2.05) is 6.07 Å². The zero-order chi connectivity index (χ0) is 13.4. The van der Waals surface area contributed by atoms with Gasteiger partial charge in [0.1, 0.15) is 0 Å². The van der Waals surface area contributed by atoms with E-state index in [-0.39, 0.29) is 6.10 Å². The first-order valence-corrected chi connectivity index (χ1v) is 7.51. The van der Waals surface area contributed by atoms with Crippen LogP contribution in [0.3, 0.4) is 0 Å². The second kappa shape index (κ2) is 8.68. The Hall–Kier alpha value is -0.380. The van der Waals surface area contributed by atoms with Gasteiger partial charge in [0, 0.05) is 10.5 Å². The molecule has 0 saturated heterocycles. The smallest absolute Gasteiger partial charge is 0.0626 e. The van der Waals surface area contributed by atoms with Crippen molar-refractivity contribution in [1.29, 1.82) is 0 Å². The lowest BCUT2D eigenvalue weighted by molar-refractivity contribution is 0.0613. The Labute approximate surface area is 119 Å². The van der Waals surface area contributed by atoms with Gasteiger partial charge < -0.3 is 10.1 Å². The molecule has 0 aliphatic heterocycles. The maximum atomic E-state index is 5.74. The Bertz CT molecular complexity index is 341. The van der Waals surface area contributed by atoms with Gasteiger partial charge in [-0.2, -0.15) is 0 Å². The van der Waals surface area contributed by atoms with Crippen LogP contribution < -0.4 is 5.32 Å². The molecule has 1 rings (SSSR count). The molecule has 0 aliphatic rings. The summed E-state index contributed by atoms with van der Waals surface area (Å²) in [6.45, 7) is 8.14. The van der Waals surface area contributed by atoms with Crippen molar-refractivity contribution in [3.8, 4) is 0 Å². The van der Waals surface area contributed by atoms with Crippen LogP contribution in [0.4, 0.5) is 0 Å². The second-order valence-corrected chi connectivity index (χ2v) is 5.68. The summed E-state index contributed by atoms with van der Waals surface area (Å²) >= 11 is 3.60. The summed E-state index contributed by atoms with van der Waals surface area (Å²) in [5.74, 6) is 0. The Kier molecular flexibility index (Phi) is 7.56. The van der Waals surface area contributed by atoms with E-state index in [1.54, 1.807) is 0 Å². The molecule has 0 amide bonds. The van der Waals surface area contributed by atoms with E-state index in [9.17, 15) is 0 Å². The van der Waals surface area contributed by atoms with Gasteiger partial charge in [-0.05, 0) is 44.9 Å². The van der Waals surface area contributed by atoms with Gasteiger partial charge in [-0.15, -0.1) is 0 Å². The normalized spacial score (nSPS) is 12.9. The highest BCUT2D eigenvalue weighted by molar-refractivity contribution is 9.10. The van der Waals surface area contributed by atoms with Gasteiger partial charge in [-0.25, -0.2) is 0 Å². The van der Waals surface area contributed by atoms with Crippen molar-refractivity contribution in [2.24, 2.45) is 0 Å². The van der Waals surface area contributed by atoms with E-state index in [1.165, 1.54) is 10.0 Å². The first-order chi connectivity index (χ1) is 8.63. The lowest BCUT2D eigenvalue weighted by Gasteiger charge is -2.20. The fourth-order valence-electron chi connectivity index (χ4n) is 1.78. The summed E-state index contributed by atoms with van der Waals surface area (Å²) in [6, 6.07) is 8.77. The van der Waals surface area contributed by atoms with Gasteiger partial charge >= 0.3 is 0 Å². The lowest BCUT2D eigenvalue weighted by atomic mass is 10.1. The third-order valence-corrected chi connectivity index (χ3v) is 3.51. The van der Waals surface area contributed by atoms with Crippen molar-refractivity contribution in [3.05, 3.63) is 34.3 Å². The highest BCUT2D eigenvalue weighted by Gasteiger charge is 2.11. The highest BCUT2D eigenvalue weighted by Crippen LogP contribution is 2.17. The standard InChI is InChI=1S/C15H24BrNO/c1-4-9-17-14(11-18-12(2)3)10-13-7-5-6-8-15(13)16/h5-8,12,14,17H,4,9-11H2,1-3H3.